The van der Waals surface area contributed by atoms with Gasteiger partial charge in [-0.1, -0.05) is 5.92 Å². The van der Waals surface area contributed by atoms with Crippen molar-refractivity contribution in [1.29, 1.82) is 0 Å². The quantitative estimate of drug-likeness (QED) is 0.696. The Morgan fingerprint density at radius 2 is 2.38 bits per heavy atom. The molecular weight excluding hydrogens is 162 g/mol. The summed E-state index contributed by atoms with van der Waals surface area (Å²) >= 11 is 0. The van der Waals surface area contributed by atoms with Crippen LogP contribution < -0.4 is 5.32 Å². The van der Waals surface area contributed by atoms with Crippen molar-refractivity contribution in [2.45, 2.75) is 25.9 Å². The highest BCUT2D eigenvalue weighted by atomic mass is 15.0. The van der Waals surface area contributed by atoms with Crippen LogP contribution in [0.4, 0.5) is 0 Å². The highest BCUT2D eigenvalue weighted by Crippen LogP contribution is 2.00. The van der Waals surface area contributed by atoms with Crippen LogP contribution in [0.3, 0.4) is 0 Å². The first kappa shape index (κ1) is 9.69. The van der Waals surface area contributed by atoms with E-state index in [2.05, 4.69) is 21.2 Å². The fraction of sp³-hybridized carbons (Fsp3) is 0.400. The SMILES string of the molecule is C#CC(C)(C)NCc1ccncn1. The fourth-order valence-corrected chi connectivity index (χ4v) is 0.785. The predicted octanol–water partition coefficient (Wildman–Crippen LogP) is 0.978. The molecule has 1 heterocycles. The van der Waals surface area contributed by atoms with Crippen molar-refractivity contribution in [3.8, 4) is 12.3 Å². The van der Waals surface area contributed by atoms with Gasteiger partial charge in [-0.2, -0.15) is 0 Å². The standard InChI is InChI=1S/C10H13N3/c1-4-10(2,3)13-7-9-5-6-11-8-12-9/h1,5-6,8,13H,7H2,2-3H3. The molecule has 0 amide bonds. The fourth-order valence-electron chi connectivity index (χ4n) is 0.785. The van der Waals surface area contributed by atoms with Crippen LogP contribution >= 0.6 is 0 Å². The molecule has 0 radical (unpaired) electrons. The van der Waals surface area contributed by atoms with E-state index in [1.807, 2.05) is 19.9 Å². The third-order valence-electron chi connectivity index (χ3n) is 1.72. The van der Waals surface area contributed by atoms with Gasteiger partial charge in [0, 0.05) is 12.7 Å². The lowest BCUT2D eigenvalue weighted by molar-refractivity contribution is 0.486. The summed E-state index contributed by atoms with van der Waals surface area (Å²) in [7, 11) is 0. The van der Waals surface area contributed by atoms with Gasteiger partial charge in [-0.25, -0.2) is 9.97 Å². The van der Waals surface area contributed by atoms with Crippen molar-refractivity contribution < 1.29 is 0 Å². The summed E-state index contributed by atoms with van der Waals surface area (Å²) < 4.78 is 0. The molecule has 3 heteroatoms. The van der Waals surface area contributed by atoms with Crippen LogP contribution in [-0.4, -0.2) is 15.5 Å². The number of hydrogen-bond acceptors (Lipinski definition) is 3. The van der Waals surface area contributed by atoms with E-state index in [0.717, 1.165) is 5.69 Å². The van der Waals surface area contributed by atoms with E-state index >= 15 is 0 Å². The number of nitrogens with one attached hydrogen (secondary N) is 1. The molecule has 0 saturated heterocycles. The molecule has 0 aromatic carbocycles. The normalized spacial score (nSPS) is 10.8. The third-order valence-corrected chi connectivity index (χ3v) is 1.72. The van der Waals surface area contributed by atoms with Crippen molar-refractivity contribution in [2.24, 2.45) is 0 Å². The Bertz CT molecular complexity index is 298. The first-order valence-corrected chi connectivity index (χ1v) is 4.12. The van der Waals surface area contributed by atoms with Gasteiger partial charge in [0.05, 0.1) is 11.2 Å². The molecule has 0 spiro atoms. The largest absolute Gasteiger partial charge is 0.296 e. The zero-order valence-electron chi connectivity index (χ0n) is 7.91. The molecule has 0 aliphatic carbocycles. The maximum absolute atomic E-state index is 5.33. The Hall–Kier alpha value is -1.40. The van der Waals surface area contributed by atoms with E-state index in [1.165, 1.54) is 6.33 Å². The monoisotopic (exact) mass is 175 g/mol. The van der Waals surface area contributed by atoms with Crippen molar-refractivity contribution in [2.75, 3.05) is 0 Å². The van der Waals surface area contributed by atoms with Gasteiger partial charge in [-0.3, -0.25) is 5.32 Å². The highest BCUT2D eigenvalue weighted by Gasteiger charge is 2.11. The Balaban J connectivity index is 2.50. The Morgan fingerprint density at radius 3 is 2.92 bits per heavy atom. The molecule has 0 fully saturated rings. The molecule has 0 atom stereocenters. The molecule has 1 aromatic heterocycles. The van der Waals surface area contributed by atoms with Gasteiger partial charge >= 0.3 is 0 Å². The summed E-state index contributed by atoms with van der Waals surface area (Å²) in [6.45, 7) is 4.57. The second-order valence-corrected chi connectivity index (χ2v) is 3.32. The summed E-state index contributed by atoms with van der Waals surface area (Å²) in [5, 5.41) is 3.20. The lowest BCUT2D eigenvalue weighted by Crippen LogP contribution is -2.37. The van der Waals surface area contributed by atoms with Crippen molar-refractivity contribution in [1.82, 2.24) is 15.3 Å². The van der Waals surface area contributed by atoms with Crippen molar-refractivity contribution >= 4 is 0 Å². The van der Waals surface area contributed by atoms with Gasteiger partial charge in [0.2, 0.25) is 0 Å². The average Bonchev–Trinajstić information content (AvgIpc) is 2.17. The summed E-state index contributed by atoms with van der Waals surface area (Å²) in [6, 6.07) is 1.86. The molecule has 68 valence electrons. The average molecular weight is 175 g/mol. The van der Waals surface area contributed by atoms with Gasteiger partial charge in [0.1, 0.15) is 6.33 Å². The van der Waals surface area contributed by atoms with E-state index in [-0.39, 0.29) is 5.54 Å². The van der Waals surface area contributed by atoms with Gasteiger partial charge in [0.15, 0.2) is 0 Å². The van der Waals surface area contributed by atoms with Crippen LogP contribution in [0.25, 0.3) is 0 Å². The minimum atomic E-state index is -0.287. The molecule has 0 saturated carbocycles. The zero-order chi connectivity index (χ0) is 9.73. The van der Waals surface area contributed by atoms with Crippen LogP contribution in [0, 0.1) is 12.3 Å². The smallest absolute Gasteiger partial charge is 0.115 e. The van der Waals surface area contributed by atoms with E-state index in [4.69, 9.17) is 6.42 Å². The van der Waals surface area contributed by atoms with Crippen LogP contribution in [0.2, 0.25) is 0 Å². The molecule has 3 nitrogen and oxygen atoms in total. The molecule has 1 aromatic rings. The lowest BCUT2D eigenvalue weighted by atomic mass is 10.1. The maximum atomic E-state index is 5.33. The molecule has 1 rings (SSSR count). The van der Waals surface area contributed by atoms with Crippen LogP contribution in [0.5, 0.6) is 0 Å². The second-order valence-electron chi connectivity index (χ2n) is 3.32. The zero-order valence-corrected chi connectivity index (χ0v) is 7.91. The first-order chi connectivity index (χ1) is 6.14. The van der Waals surface area contributed by atoms with E-state index in [1.54, 1.807) is 6.20 Å². The van der Waals surface area contributed by atoms with Gasteiger partial charge in [-0.15, -0.1) is 6.42 Å². The topological polar surface area (TPSA) is 37.8 Å². The van der Waals surface area contributed by atoms with E-state index in [0.29, 0.717) is 6.54 Å². The van der Waals surface area contributed by atoms with E-state index < -0.39 is 0 Å². The van der Waals surface area contributed by atoms with Crippen LogP contribution in [-0.2, 0) is 6.54 Å². The maximum Gasteiger partial charge on any atom is 0.115 e. The summed E-state index contributed by atoms with van der Waals surface area (Å²) in [6.07, 6.45) is 8.57. The third kappa shape index (κ3) is 3.22. The number of terminal acetylenes is 1. The molecule has 0 bridgehead atoms. The van der Waals surface area contributed by atoms with Crippen LogP contribution in [0.15, 0.2) is 18.6 Å². The van der Waals surface area contributed by atoms with Crippen LogP contribution in [0.1, 0.15) is 19.5 Å². The summed E-state index contributed by atoms with van der Waals surface area (Å²) in [4.78, 5) is 7.90. The molecule has 1 N–H and O–H groups in total. The molecule has 0 aliphatic heterocycles. The Kier molecular flexibility index (Phi) is 2.99. The molecule has 0 unspecified atom stereocenters. The van der Waals surface area contributed by atoms with Gasteiger partial charge in [0.25, 0.3) is 0 Å². The Morgan fingerprint density at radius 1 is 1.62 bits per heavy atom. The lowest BCUT2D eigenvalue weighted by Gasteiger charge is -2.18. The van der Waals surface area contributed by atoms with E-state index in [9.17, 15) is 0 Å². The first-order valence-electron chi connectivity index (χ1n) is 4.12. The summed E-state index contributed by atoms with van der Waals surface area (Å²) in [5.74, 6) is 2.66. The summed E-state index contributed by atoms with van der Waals surface area (Å²) in [5.41, 5.74) is 0.656. The minimum absolute atomic E-state index is 0.287. The second kappa shape index (κ2) is 4.01. The van der Waals surface area contributed by atoms with Crippen molar-refractivity contribution in [3.05, 3.63) is 24.3 Å². The Labute approximate surface area is 78.6 Å². The number of hydrogen-bond donors (Lipinski definition) is 1. The molecule has 13 heavy (non-hydrogen) atoms. The number of aromatic nitrogens is 2. The number of rotatable bonds is 3. The highest BCUT2D eigenvalue weighted by molar-refractivity contribution is 5.09. The number of nitrogens with zero attached hydrogens (tertiary/aromatic N) is 2. The van der Waals surface area contributed by atoms with Crippen molar-refractivity contribution in [3.63, 3.8) is 0 Å². The van der Waals surface area contributed by atoms with Gasteiger partial charge < -0.3 is 0 Å². The molecular formula is C10H13N3. The minimum Gasteiger partial charge on any atom is -0.296 e. The van der Waals surface area contributed by atoms with Gasteiger partial charge in [-0.05, 0) is 19.9 Å². The predicted molar refractivity (Wildman–Crippen MR) is 51.8 cm³/mol. The molecule has 0 aliphatic rings.